The normalized spacial score (nSPS) is 17.6. The van der Waals surface area contributed by atoms with E-state index in [4.69, 9.17) is 0 Å². The van der Waals surface area contributed by atoms with Gasteiger partial charge in [0, 0.05) is 5.69 Å². The molecule has 0 amide bonds. The van der Waals surface area contributed by atoms with Gasteiger partial charge in [0.25, 0.3) is 0 Å². The van der Waals surface area contributed by atoms with Crippen molar-refractivity contribution in [3.63, 3.8) is 0 Å². The first-order valence-electron chi connectivity index (χ1n) is 7.43. The highest BCUT2D eigenvalue weighted by atomic mass is 16.3. The van der Waals surface area contributed by atoms with Crippen LogP contribution < -0.4 is 5.32 Å². The zero-order valence-electron chi connectivity index (χ0n) is 11.9. The molecule has 0 spiro atoms. The van der Waals surface area contributed by atoms with Gasteiger partial charge in [-0.25, -0.2) is 0 Å². The van der Waals surface area contributed by atoms with Crippen LogP contribution in [0, 0.1) is 0 Å². The van der Waals surface area contributed by atoms with Gasteiger partial charge in [0.2, 0.25) is 0 Å². The Bertz CT molecular complexity index is 589. The number of nitrogens with one attached hydrogen (secondary N) is 1. The second-order valence-corrected chi connectivity index (χ2v) is 5.52. The van der Waals surface area contributed by atoms with Crippen LogP contribution in [0.25, 0.3) is 0 Å². The summed E-state index contributed by atoms with van der Waals surface area (Å²) in [6.07, 6.45) is 4.46. The Kier molecular flexibility index (Phi) is 3.64. The van der Waals surface area contributed by atoms with Crippen LogP contribution in [0.2, 0.25) is 0 Å². The van der Waals surface area contributed by atoms with Gasteiger partial charge in [-0.05, 0) is 66.6 Å². The number of hydrogen-bond donors (Lipinski definition) is 2. The van der Waals surface area contributed by atoms with Crippen molar-refractivity contribution in [2.24, 2.45) is 0 Å². The van der Waals surface area contributed by atoms with Crippen LogP contribution in [0.15, 0.2) is 42.5 Å². The quantitative estimate of drug-likeness (QED) is 0.861. The average Bonchev–Trinajstić information content (AvgIpc) is 2.48. The summed E-state index contributed by atoms with van der Waals surface area (Å²) in [5.41, 5.74) is 5.14. The number of anilines is 1. The molecule has 0 radical (unpaired) electrons. The molecule has 1 aliphatic carbocycles. The minimum absolute atomic E-state index is 0.354. The summed E-state index contributed by atoms with van der Waals surface area (Å²) in [5, 5.41) is 13.2. The number of phenolic OH excluding ortho intramolecular Hbond substituents is 1. The Morgan fingerprint density at radius 2 is 1.95 bits per heavy atom. The van der Waals surface area contributed by atoms with Gasteiger partial charge < -0.3 is 10.4 Å². The highest BCUT2D eigenvalue weighted by Gasteiger charge is 2.20. The first kappa shape index (κ1) is 13.0. The third-order valence-corrected chi connectivity index (χ3v) is 4.14. The number of fused-ring (bicyclic) bond motifs is 1. The van der Waals surface area contributed by atoms with E-state index in [0.29, 0.717) is 11.8 Å². The maximum Gasteiger partial charge on any atom is 0.115 e. The zero-order chi connectivity index (χ0) is 13.9. The summed E-state index contributed by atoms with van der Waals surface area (Å²) in [6, 6.07) is 14.8. The molecular weight excluding hydrogens is 246 g/mol. The van der Waals surface area contributed by atoms with Gasteiger partial charge >= 0.3 is 0 Å². The molecule has 2 nitrogen and oxygen atoms in total. The van der Waals surface area contributed by atoms with Crippen LogP contribution in [0.5, 0.6) is 5.75 Å². The van der Waals surface area contributed by atoms with E-state index < -0.39 is 0 Å². The lowest BCUT2D eigenvalue weighted by Crippen LogP contribution is -2.17. The smallest absolute Gasteiger partial charge is 0.115 e. The van der Waals surface area contributed by atoms with Crippen molar-refractivity contribution < 1.29 is 5.11 Å². The number of rotatable bonds is 3. The molecule has 2 heteroatoms. The molecule has 0 fully saturated rings. The van der Waals surface area contributed by atoms with Gasteiger partial charge in [0.1, 0.15) is 5.75 Å². The maximum atomic E-state index is 9.60. The molecule has 0 heterocycles. The van der Waals surface area contributed by atoms with E-state index in [9.17, 15) is 5.11 Å². The molecule has 0 saturated heterocycles. The standard InChI is InChI=1S/C18H21NO/c1-2-13-6-8-15(9-7-13)19-18-5-3-4-14-12-16(20)10-11-17(14)18/h6-12,18-20H,2-5H2,1H3. The van der Waals surface area contributed by atoms with Crippen molar-refractivity contribution in [1.29, 1.82) is 0 Å². The van der Waals surface area contributed by atoms with E-state index in [0.717, 1.165) is 19.3 Å². The van der Waals surface area contributed by atoms with Crippen LogP contribution in [-0.2, 0) is 12.8 Å². The van der Waals surface area contributed by atoms with Gasteiger partial charge in [-0.3, -0.25) is 0 Å². The Labute approximate surface area is 120 Å². The molecule has 0 saturated carbocycles. The second kappa shape index (κ2) is 5.58. The van der Waals surface area contributed by atoms with Gasteiger partial charge in [-0.15, -0.1) is 0 Å². The van der Waals surface area contributed by atoms with Crippen molar-refractivity contribution >= 4 is 5.69 Å². The molecule has 1 aliphatic rings. The van der Waals surface area contributed by atoms with E-state index in [-0.39, 0.29) is 0 Å². The third kappa shape index (κ3) is 2.64. The van der Waals surface area contributed by atoms with Crippen LogP contribution in [0.4, 0.5) is 5.69 Å². The molecule has 2 aromatic carbocycles. The van der Waals surface area contributed by atoms with Crippen molar-refractivity contribution in [3.05, 3.63) is 59.2 Å². The fourth-order valence-corrected chi connectivity index (χ4v) is 2.99. The van der Waals surface area contributed by atoms with Crippen molar-refractivity contribution in [1.82, 2.24) is 0 Å². The number of benzene rings is 2. The molecule has 20 heavy (non-hydrogen) atoms. The predicted octanol–water partition coefficient (Wildman–Crippen LogP) is 4.44. The van der Waals surface area contributed by atoms with Gasteiger partial charge in [-0.2, -0.15) is 0 Å². The lowest BCUT2D eigenvalue weighted by atomic mass is 9.87. The van der Waals surface area contributed by atoms with E-state index in [1.807, 2.05) is 6.07 Å². The Balaban J connectivity index is 1.81. The summed E-state index contributed by atoms with van der Waals surface area (Å²) in [5.74, 6) is 0.372. The fourth-order valence-electron chi connectivity index (χ4n) is 2.99. The van der Waals surface area contributed by atoms with Crippen molar-refractivity contribution in [3.8, 4) is 5.75 Å². The molecule has 2 N–H and O–H groups in total. The summed E-state index contributed by atoms with van der Waals surface area (Å²) in [6.45, 7) is 2.17. The van der Waals surface area contributed by atoms with Gasteiger partial charge in [-0.1, -0.05) is 25.1 Å². The number of phenols is 1. The largest absolute Gasteiger partial charge is 0.508 e. The van der Waals surface area contributed by atoms with Gasteiger partial charge in [0.05, 0.1) is 6.04 Å². The Morgan fingerprint density at radius 3 is 2.70 bits per heavy atom. The lowest BCUT2D eigenvalue weighted by molar-refractivity contribution is 0.472. The van der Waals surface area contributed by atoms with E-state index in [1.165, 1.54) is 28.8 Å². The summed E-state index contributed by atoms with van der Waals surface area (Å²) >= 11 is 0. The topological polar surface area (TPSA) is 32.3 Å². The average molecular weight is 267 g/mol. The van der Waals surface area contributed by atoms with Crippen LogP contribution >= 0.6 is 0 Å². The SMILES string of the molecule is CCc1ccc(NC2CCCc3cc(O)ccc32)cc1. The van der Waals surface area contributed by atoms with Crippen LogP contribution in [-0.4, -0.2) is 5.11 Å². The maximum absolute atomic E-state index is 9.60. The number of hydrogen-bond acceptors (Lipinski definition) is 2. The van der Waals surface area contributed by atoms with Gasteiger partial charge in [0.15, 0.2) is 0 Å². The summed E-state index contributed by atoms with van der Waals surface area (Å²) in [7, 11) is 0. The minimum atomic E-state index is 0.354. The third-order valence-electron chi connectivity index (χ3n) is 4.14. The molecule has 0 aromatic heterocycles. The number of aryl methyl sites for hydroxylation is 2. The molecule has 2 aromatic rings. The molecule has 1 unspecified atom stereocenters. The molecular formula is C18H21NO. The van der Waals surface area contributed by atoms with E-state index in [1.54, 1.807) is 6.07 Å². The fraction of sp³-hybridized carbons (Fsp3) is 0.333. The highest BCUT2D eigenvalue weighted by molar-refractivity contribution is 5.49. The first-order chi connectivity index (χ1) is 9.76. The monoisotopic (exact) mass is 267 g/mol. The Hall–Kier alpha value is -1.96. The molecule has 104 valence electrons. The molecule has 3 rings (SSSR count). The molecule has 0 aliphatic heterocycles. The predicted molar refractivity (Wildman–Crippen MR) is 83.2 cm³/mol. The van der Waals surface area contributed by atoms with Crippen LogP contribution in [0.1, 0.15) is 42.5 Å². The second-order valence-electron chi connectivity index (χ2n) is 5.52. The molecule has 0 bridgehead atoms. The lowest BCUT2D eigenvalue weighted by Gasteiger charge is -2.27. The van der Waals surface area contributed by atoms with Crippen molar-refractivity contribution in [2.75, 3.05) is 5.32 Å². The van der Waals surface area contributed by atoms with E-state index in [2.05, 4.69) is 42.6 Å². The Morgan fingerprint density at radius 1 is 1.15 bits per heavy atom. The minimum Gasteiger partial charge on any atom is -0.508 e. The summed E-state index contributed by atoms with van der Waals surface area (Å²) < 4.78 is 0. The number of aromatic hydroxyl groups is 1. The van der Waals surface area contributed by atoms with E-state index >= 15 is 0 Å². The zero-order valence-corrected chi connectivity index (χ0v) is 11.9. The molecule has 1 atom stereocenters. The first-order valence-corrected chi connectivity index (χ1v) is 7.43. The van der Waals surface area contributed by atoms with Crippen LogP contribution in [0.3, 0.4) is 0 Å². The summed E-state index contributed by atoms with van der Waals surface area (Å²) in [4.78, 5) is 0. The highest BCUT2D eigenvalue weighted by Crippen LogP contribution is 2.34. The van der Waals surface area contributed by atoms with Crippen molar-refractivity contribution in [2.45, 2.75) is 38.6 Å².